The van der Waals surface area contributed by atoms with E-state index in [1.54, 1.807) is 16.8 Å². The topological polar surface area (TPSA) is 47.8 Å². The van der Waals surface area contributed by atoms with Gasteiger partial charge in [0, 0.05) is 12.2 Å². The minimum Gasteiger partial charge on any atom is -0.285 e. The zero-order valence-corrected chi connectivity index (χ0v) is 10.4. The molecular weight excluding hydrogens is 238 g/mol. The van der Waals surface area contributed by atoms with Gasteiger partial charge in [-0.25, -0.2) is 4.98 Å². The molecule has 0 aliphatic heterocycles. The molecule has 2 aromatic rings. The number of hydrogen-bond donors (Lipinski definition) is 0. The molecule has 2 aromatic heterocycles. The first-order valence-electron chi connectivity index (χ1n) is 5.33. The largest absolute Gasteiger partial charge is 0.285 e. The van der Waals surface area contributed by atoms with Gasteiger partial charge in [0.05, 0.1) is 11.2 Å². The highest BCUT2D eigenvalue weighted by Gasteiger charge is 2.19. The Morgan fingerprint density at radius 2 is 2.24 bits per heavy atom. The summed E-state index contributed by atoms with van der Waals surface area (Å²) < 4.78 is 1.58. The molecule has 0 saturated heterocycles. The molecule has 88 valence electrons. The van der Waals surface area contributed by atoms with Gasteiger partial charge in [-0.05, 0) is 26.0 Å². The first-order valence-corrected chi connectivity index (χ1v) is 5.71. The second kappa shape index (κ2) is 4.67. The van der Waals surface area contributed by atoms with Gasteiger partial charge in [-0.2, -0.15) is 5.10 Å². The molecule has 5 heteroatoms. The fourth-order valence-corrected chi connectivity index (χ4v) is 1.85. The minimum absolute atomic E-state index is 0.196. The molecule has 0 radical (unpaired) electrons. The smallest absolute Gasteiger partial charge is 0.230 e. The number of aryl methyl sites for hydroxylation is 2. The van der Waals surface area contributed by atoms with Crippen LogP contribution in [0.5, 0.6) is 0 Å². The quantitative estimate of drug-likeness (QED) is 0.786. The molecule has 2 rings (SSSR count). The molecule has 0 saturated carbocycles. The molecule has 0 aromatic carbocycles. The SMILES string of the molecule is CCn1ncc(Cl)c1C(=O)c1cccc(C)n1. The number of carbonyl (C=O) groups is 1. The van der Waals surface area contributed by atoms with Gasteiger partial charge in [0.2, 0.25) is 5.78 Å². The van der Waals surface area contributed by atoms with Crippen molar-refractivity contribution in [1.29, 1.82) is 0 Å². The Kier molecular flexibility index (Phi) is 3.24. The van der Waals surface area contributed by atoms with E-state index >= 15 is 0 Å². The maximum Gasteiger partial charge on any atom is 0.230 e. The van der Waals surface area contributed by atoms with Crippen LogP contribution in [0.4, 0.5) is 0 Å². The first kappa shape index (κ1) is 11.8. The van der Waals surface area contributed by atoms with E-state index in [0.29, 0.717) is 23.0 Å². The van der Waals surface area contributed by atoms with Crippen LogP contribution in [0, 0.1) is 6.92 Å². The third-order valence-electron chi connectivity index (χ3n) is 2.43. The van der Waals surface area contributed by atoms with Crippen LogP contribution in [0.3, 0.4) is 0 Å². The molecule has 0 fully saturated rings. The number of rotatable bonds is 3. The van der Waals surface area contributed by atoms with Crippen LogP contribution in [0.25, 0.3) is 0 Å². The summed E-state index contributed by atoms with van der Waals surface area (Å²) >= 11 is 5.98. The van der Waals surface area contributed by atoms with E-state index in [2.05, 4.69) is 10.1 Å². The standard InChI is InChI=1S/C12H12ClN3O/c1-3-16-11(9(13)7-14-16)12(17)10-6-4-5-8(2)15-10/h4-7H,3H2,1-2H3. The summed E-state index contributed by atoms with van der Waals surface area (Å²) in [4.78, 5) is 16.4. The number of carbonyl (C=O) groups excluding carboxylic acids is 1. The molecule has 17 heavy (non-hydrogen) atoms. The second-order valence-electron chi connectivity index (χ2n) is 3.65. The average Bonchev–Trinajstić information content (AvgIpc) is 2.69. The van der Waals surface area contributed by atoms with Crippen LogP contribution < -0.4 is 0 Å². The second-order valence-corrected chi connectivity index (χ2v) is 4.06. The van der Waals surface area contributed by atoms with Crippen LogP contribution >= 0.6 is 11.6 Å². The summed E-state index contributed by atoms with van der Waals surface area (Å²) in [6.45, 7) is 4.35. The Morgan fingerprint density at radius 1 is 1.47 bits per heavy atom. The normalized spacial score (nSPS) is 10.5. The summed E-state index contributed by atoms with van der Waals surface area (Å²) in [5, 5.41) is 4.40. The monoisotopic (exact) mass is 249 g/mol. The highest BCUT2D eigenvalue weighted by molar-refractivity contribution is 6.34. The Labute approximate surface area is 104 Å². The summed E-state index contributed by atoms with van der Waals surface area (Å²) in [7, 11) is 0. The Morgan fingerprint density at radius 3 is 2.88 bits per heavy atom. The van der Waals surface area contributed by atoms with Crippen LogP contribution in [-0.2, 0) is 6.54 Å². The predicted octanol–water partition coefficient (Wildman–Crippen LogP) is 2.49. The van der Waals surface area contributed by atoms with Gasteiger partial charge in [0.25, 0.3) is 0 Å². The van der Waals surface area contributed by atoms with Crippen molar-refractivity contribution < 1.29 is 4.79 Å². The van der Waals surface area contributed by atoms with Crippen molar-refractivity contribution in [3.05, 3.63) is 46.5 Å². The Balaban J connectivity index is 2.47. The third-order valence-corrected chi connectivity index (χ3v) is 2.71. The number of aromatic nitrogens is 3. The number of nitrogens with zero attached hydrogens (tertiary/aromatic N) is 3. The van der Waals surface area contributed by atoms with Crippen LogP contribution in [0.15, 0.2) is 24.4 Å². The van der Waals surface area contributed by atoms with E-state index in [0.717, 1.165) is 5.69 Å². The van der Waals surface area contributed by atoms with E-state index in [1.165, 1.54) is 6.20 Å². The molecule has 0 N–H and O–H groups in total. The molecular formula is C12H12ClN3O. The van der Waals surface area contributed by atoms with Crippen molar-refractivity contribution in [1.82, 2.24) is 14.8 Å². The summed E-state index contributed by atoms with van der Waals surface area (Å²) in [6.07, 6.45) is 1.48. The molecule has 4 nitrogen and oxygen atoms in total. The van der Waals surface area contributed by atoms with E-state index in [9.17, 15) is 4.79 Å². The zero-order valence-electron chi connectivity index (χ0n) is 9.64. The lowest BCUT2D eigenvalue weighted by molar-refractivity contribution is 0.102. The molecule has 0 amide bonds. The maximum atomic E-state index is 12.3. The number of hydrogen-bond acceptors (Lipinski definition) is 3. The highest BCUT2D eigenvalue weighted by atomic mass is 35.5. The molecule has 0 aliphatic rings. The summed E-state index contributed by atoms with van der Waals surface area (Å²) in [5.74, 6) is -0.196. The van der Waals surface area contributed by atoms with Gasteiger partial charge in [-0.3, -0.25) is 9.48 Å². The maximum absolute atomic E-state index is 12.3. The van der Waals surface area contributed by atoms with Gasteiger partial charge < -0.3 is 0 Å². The first-order chi connectivity index (χ1) is 8.13. The van der Waals surface area contributed by atoms with Gasteiger partial charge in [-0.15, -0.1) is 0 Å². The molecule has 0 unspecified atom stereocenters. The molecule has 0 atom stereocenters. The van der Waals surface area contributed by atoms with Crippen LogP contribution in [-0.4, -0.2) is 20.5 Å². The van der Waals surface area contributed by atoms with E-state index in [1.807, 2.05) is 19.9 Å². The highest BCUT2D eigenvalue weighted by Crippen LogP contribution is 2.18. The Bertz CT molecular complexity index is 563. The Hall–Kier alpha value is -1.68. The molecule has 2 heterocycles. The van der Waals surface area contributed by atoms with Gasteiger partial charge in [-0.1, -0.05) is 17.7 Å². The molecule has 0 aliphatic carbocycles. The zero-order chi connectivity index (χ0) is 12.4. The number of halogens is 1. The third kappa shape index (κ3) is 2.22. The lowest BCUT2D eigenvalue weighted by atomic mass is 10.2. The van der Waals surface area contributed by atoms with Crippen molar-refractivity contribution in [2.24, 2.45) is 0 Å². The van der Waals surface area contributed by atoms with Crippen molar-refractivity contribution in [2.75, 3.05) is 0 Å². The van der Waals surface area contributed by atoms with Crippen molar-refractivity contribution in [3.63, 3.8) is 0 Å². The minimum atomic E-state index is -0.196. The van der Waals surface area contributed by atoms with Crippen molar-refractivity contribution in [2.45, 2.75) is 20.4 Å². The van der Waals surface area contributed by atoms with Crippen LogP contribution in [0.2, 0.25) is 5.02 Å². The average molecular weight is 250 g/mol. The fraction of sp³-hybridized carbons (Fsp3) is 0.250. The molecule has 0 bridgehead atoms. The van der Waals surface area contributed by atoms with Crippen LogP contribution in [0.1, 0.15) is 28.8 Å². The van der Waals surface area contributed by atoms with Crippen molar-refractivity contribution >= 4 is 17.4 Å². The lowest BCUT2D eigenvalue weighted by Gasteiger charge is -2.04. The van der Waals surface area contributed by atoms with Crippen molar-refractivity contribution in [3.8, 4) is 0 Å². The van der Waals surface area contributed by atoms with Gasteiger partial charge in [0.1, 0.15) is 11.4 Å². The van der Waals surface area contributed by atoms with E-state index < -0.39 is 0 Å². The molecule has 0 spiro atoms. The van der Waals surface area contributed by atoms with E-state index in [-0.39, 0.29) is 5.78 Å². The summed E-state index contributed by atoms with van der Waals surface area (Å²) in [5.41, 5.74) is 1.59. The fourth-order valence-electron chi connectivity index (χ4n) is 1.62. The van der Waals surface area contributed by atoms with Gasteiger partial charge in [0.15, 0.2) is 0 Å². The summed E-state index contributed by atoms with van der Waals surface area (Å²) in [6, 6.07) is 5.32. The lowest BCUT2D eigenvalue weighted by Crippen LogP contribution is -2.12. The van der Waals surface area contributed by atoms with E-state index in [4.69, 9.17) is 11.6 Å². The predicted molar refractivity (Wildman–Crippen MR) is 65.3 cm³/mol. The number of pyridine rings is 1. The van der Waals surface area contributed by atoms with Gasteiger partial charge >= 0.3 is 0 Å². The number of ketones is 1.